The number of aromatic amines is 1. The molecule has 98 valence electrons. The second-order valence-electron chi connectivity index (χ2n) is 5.40. The minimum Gasteiger partial charge on any atom is -0.341 e. The van der Waals surface area contributed by atoms with Crippen molar-refractivity contribution < 1.29 is 0 Å². The van der Waals surface area contributed by atoms with Crippen LogP contribution in [0.1, 0.15) is 43.3 Å². The Kier molecular flexibility index (Phi) is 3.02. The van der Waals surface area contributed by atoms with Gasteiger partial charge in [0.05, 0.1) is 16.3 Å². The van der Waals surface area contributed by atoms with Crippen LogP contribution in [0.4, 0.5) is 0 Å². The van der Waals surface area contributed by atoms with Crippen LogP contribution in [0.2, 0.25) is 0 Å². The molecule has 3 rings (SSSR count). The van der Waals surface area contributed by atoms with Crippen molar-refractivity contribution in [1.82, 2.24) is 9.97 Å². The van der Waals surface area contributed by atoms with Gasteiger partial charge in [-0.1, -0.05) is 32.0 Å². The van der Waals surface area contributed by atoms with Gasteiger partial charge in [-0.2, -0.15) is 12.6 Å². The molecule has 0 aliphatic rings. The first-order chi connectivity index (χ1) is 9.06. The van der Waals surface area contributed by atoms with E-state index in [0.717, 1.165) is 16.9 Å². The van der Waals surface area contributed by atoms with Gasteiger partial charge in [0, 0.05) is 5.39 Å². The van der Waals surface area contributed by atoms with Crippen LogP contribution >= 0.6 is 12.6 Å². The predicted octanol–water partition coefficient (Wildman–Crippen LogP) is 4.83. The largest absolute Gasteiger partial charge is 0.341 e. The number of thiol groups is 1. The third kappa shape index (κ3) is 2.12. The molecule has 1 unspecified atom stereocenters. The number of fused-ring (bicyclic) bond motifs is 3. The van der Waals surface area contributed by atoms with Gasteiger partial charge in [-0.15, -0.1) is 0 Å². The summed E-state index contributed by atoms with van der Waals surface area (Å²) < 4.78 is 0. The zero-order valence-corrected chi connectivity index (χ0v) is 12.3. The maximum Gasteiger partial charge on any atom is 0.119 e. The highest BCUT2D eigenvalue weighted by atomic mass is 32.1. The molecule has 0 aliphatic heterocycles. The first kappa shape index (κ1) is 12.5. The van der Waals surface area contributed by atoms with Crippen molar-refractivity contribution in [2.24, 2.45) is 0 Å². The molecule has 0 radical (unpaired) electrons. The number of H-pyrrole nitrogens is 1. The summed E-state index contributed by atoms with van der Waals surface area (Å²) in [6.07, 6.45) is 0. The number of aromatic nitrogens is 2. The van der Waals surface area contributed by atoms with E-state index in [-0.39, 0.29) is 5.25 Å². The van der Waals surface area contributed by atoms with Crippen LogP contribution in [0.3, 0.4) is 0 Å². The van der Waals surface area contributed by atoms with Crippen LogP contribution in [0.25, 0.3) is 21.8 Å². The zero-order chi connectivity index (χ0) is 13.6. The summed E-state index contributed by atoms with van der Waals surface area (Å²) in [5.74, 6) is 1.46. The molecular formula is C16H18N2S. The number of hydrogen-bond donors (Lipinski definition) is 2. The van der Waals surface area contributed by atoms with Crippen molar-refractivity contribution in [1.29, 1.82) is 0 Å². The summed E-state index contributed by atoms with van der Waals surface area (Å²) in [7, 11) is 0. The minimum atomic E-state index is 0.121. The van der Waals surface area contributed by atoms with E-state index in [0.29, 0.717) is 5.92 Å². The topological polar surface area (TPSA) is 28.7 Å². The predicted molar refractivity (Wildman–Crippen MR) is 85.1 cm³/mol. The van der Waals surface area contributed by atoms with E-state index in [1.165, 1.54) is 16.3 Å². The van der Waals surface area contributed by atoms with Crippen molar-refractivity contribution in [3.05, 3.63) is 41.7 Å². The Hall–Kier alpha value is -1.48. The van der Waals surface area contributed by atoms with E-state index in [1.807, 2.05) is 6.92 Å². The molecule has 3 heteroatoms. The summed E-state index contributed by atoms with van der Waals surface area (Å²) in [6.45, 7) is 6.46. The molecule has 0 saturated heterocycles. The molecule has 2 aromatic carbocycles. The van der Waals surface area contributed by atoms with Crippen molar-refractivity contribution >= 4 is 34.4 Å². The Morgan fingerprint density at radius 2 is 1.84 bits per heavy atom. The summed E-state index contributed by atoms with van der Waals surface area (Å²) in [4.78, 5) is 8.06. The van der Waals surface area contributed by atoms with Gasteiger partial charge in [-0.3, -0.25) is 0 Å². The lowest BCUT2D eigenvalue weighted by Crippen LogP contribution is -1.87. The molecule has 0 aliphatic carbocycles. The quantitative estimate of drug-likeness (QED) is 0.641. The zero-order valence-electron chi connectivity index (χ0n) is 11.4. The number of hydrogen-bond acceptors (Lipinski definition) is 2. The van der Waals surface area contributed by atoms with Crippen LogP contribution in [-0.4, -0.2) is 9.97 Å². The molecule has 3 aromatic rings. The molecule has 19 heavy (non-hydrogen) atoms. The average molecular weight is 270 g/mol. The molecule has 0 spiro atoms. The molecule has 0 amide bonds. The van der Waals surface area contributed by atoms with Gasteiger partial charge in [0.25, 0.3) is 0 Å². The molecule has 0 bridgehead atoms. The first-order valence-electron chi connectivity index (χ1n) is 6.66. The molecule has 1 atom stereocenters. The summed E-state index contributed by atoms with van der Waals surface area (Å²) in [6, 6.07) is 10.9. The summed E-state index contributed by atoms with van der Waals surface area (Å²) in [5.41, 5.74) is 3.49. The van der Waals surface area contributed by atoms with E-state index >= 15 is 0 Å². The highest BCUT2D eigenvalue weighted by Gasteiger charge is 2.10. The number of rotatable bonds is 2. The van der Waals surface area contributed by atoms with Crippen molar-refractivity contribution in [3.63, 3.8) is 0 Å². The molecule has 2 nitrogen and oxygen atoms in total. The second-order valence-corrected chi connectivity index (χ2v) is 6.17. The first-order valence-corrected chi connectivity index (χ1v) is 7.18. The van der Waals surface area contributed by atoms with Crippen molar-refractivity contribution in [2.45, 2.75) is 31.9 Å². The van der Waals surface area contributed by atoms with E-state index in [9.17, 15) is 0 Å². The molecular weight excluding hydrogens is 252 g/mol. The fourth-order valence-corrected chi connectivity index (χ4v) is 2.51. The Bertz CT molecular complexity index is 741. The van der Waals surface area contributed by atoms with Crippen LogP contribution < -0.4 is 0 Å². The SMILES string of the molecule is CC(C)c1ccc2ccc3[nH]c(C(C)S)nc3c2c1. The van der Waals surface area contributed by atoms with E-state index in [4.69, 9.17) is 4.98 Å². The standard InChI is InChI=1S/C16H18N2S/c1-9(2)12-5-4-11-6-7-14-15(13(11)8-12)18-16(17-14)10(3)19/h4-10,19H,1-3H3,(H,17,18). The van der Waals surface area contributed by atoms with Crippen LogP contribution in [-0.2, 0) is 0 Å². The second kappa shape index (κ2) is 4.57. The van der Waals surface area contributed by atoms with Gasteiger partial charge >= 0.3 is 0 Å². The highest BCUT2D eigenvalue weighted by Crippen LogP contribution is 2.29. The fourth-order valence-electron chi connectivity index (χ4n) is 2.39. The van der Waals surface area contributed by atoms with Gasteiger partial charge in [0.2, 0.25) is 0 Å². The number of imidazole rings is 1. The summed E-state index contributed by atoms with van der Waals surface area (Å²) in [5, 5.41) is 2.58. The third-order valence-corrected chi connectivity index (χ3v) is 3.82. The molecule has 0 saturated carbocycles. The smallest absolute Gasteiger partial charge is 0.119 e. The van der Waals surface area contributed by atoms with Gasteiger partial charge in [-0.25, -0.2) is 4.98 Å². The number of nitrogens with one attached hydrogen (secondary N) is 1. The van der Waals surface area contributed by atoms with E-state index in [1.54, 1.807) is 0 Å². The van der Waals surface area contributed by atoms with Gasteiger partial charge in [0.15, 0.2) is 0 Å². The fraction of sp³-hybridized carbons (Fsp3) is 0.312. The van der Waals surface area contributed by atoms with E-state index < -0.39 is 0 Å². The Morgan fingerprint density at radius 1 is 1.11 bits per heavy atom. The Morgan fingerprint density at radius 3 is 2.53 bits per heavy atom. The van der Waals surface area contributed by atoms with Crippen LogP contribution in [0.5, 0.6) is 0 Å². The number of benzene rings is 2. The lowest BCUT2D eigenvalue weighted by molar-refractivity contribution is 0.869. The lowest BCUT2D eigenvalue weighted by atomic mass is 9.99. The molecule has 0 fully saturated rings. The summed E-state index contributed by atoms with van der Waals surface area (Å²) >= 11 is 4.45. The van der Waals surface area contributed by atoms with Crippen molar-refractivity contribution in [3.8, 4) is 0 Å². The molecule has 1 aromatic heterocycles. The van der Waals surface area contributed by atoms with Gasteiger partial charge in [0.1, 0.15) is 5.82 Å². The van der Waals surface area contributed by atoms with E-state index in [2.05, 4.69) is 61.8 Å². The number of nitrogens with zero attached hydrogens (tertiary/aromatic N) is 1. The third-order valence-electron chi connectivity index (χ3n) is 3.57. The van der Waals surface area contributed by atoms with Crippen LogP contribution in [0.15, 0.2) is 30.3 Å². The molecule has 1 N–H and O–H groups in total. The van der Waals surface area contributed by atoms with Crippen molar-refractivity contribution in [2.75, 3.05) is 0 Å². The minimum absolute atomic E-state index is 0.121. The monoisotopic (exact) mass is 270 g/mol. The average Bonchev–Trinajstić information content (AvgIpc) is 2.82. The highest BCUT2D eigenvalue weighted by molar-refractivity contribution is 7.80. The maximum atomic E-state index is 4.71. The normalized spacial score (nSPS) is 13.5. The van der Waals surface area contributed by atoms with Gasteiger partial charge < -0.3 is 4.98 Å². The maximum absolute atomic E-state index is 4.71. The molecule has 1 heterocycles. The lowest BCUT2D eigenvalue weighted by Gasteiger charge is -2.07. The Labute approximate surface area is 118 Å². The van der Waals surface area contributed by atoms with Gasteiger partial charge in [-0.05, 0) is 35.9 Å². The van der Waals surface area contributed by atoms with Crippen LogP contribution in [0, 0.1) is 0 Å². The Balaban J connectivity index is 2.33.